The minimum Gasteiger partial charge on any atom is -0.497 e. The SMILES string of the molecule is COc1cccc(-c2csc(NC(=N)NCc3c(OC)cccc3OC)n2)c1. The van der Waals surface area contributed by atoms with Crippen LogP contribution in [0.5, 0.6) is 17.2 Å². The van der Waals surface area contributed by atoms with Gasteiger partial charge in [-0.1, -0.05) is 18.2 Å². The van der Waals surface area contributed by atoms with Gasteiger partial charge in [-0.05, 0) is 24.3 Å². The fourth-order valence-electron chi connectivity index (χ4n) is 2.68. The van der Waals surface area contributed by atoms with E-state index in [1.165, 1.54) is 11.3 Å². The Bertz CT molecular complexity index is 936. The molecule has 3 aromatic rings. The standard InChI is InChI=1S/C20H22N4O3S/c1-25-14-7-4-6-13(10-14)16-12-28-20(23-16)24-19(21)22-11-15-17(26-2)8-5-9-18(15)27-3/h4-10,12H,11H2,1-3H3,(H3,21,22,23,24). The molecule has 28 heavy (non-hydrogen) atoms. The predicted molar refractivity (Wildman–Crippen MR) is 112 cm³/mol. The molecule has 0 unspecified atom stereocenters. The van der Waals surface area contributed by atoms with Crippen LogP contribution in [0.4, 0.5) is 5.13 Å². The van der Waals surface area contributed by atoms with Crippen molar-refractivity contribution < 1.29 is 14.2 Å². The first-order chi connectivity index (χ1) is 13.6. The van der Waals surface area contributed by atoms with Gasteiger partial charge in [0.1, 0.15) is 17.2 Å². The van der Waals surface area contributed by atoms with Crippen molar-refractivity contribution in [2.45, 2.75) is 6.54 Å². The van der Waals surface area contributed by atoms with Crippen LogP contribution in [-0.2, 0) is 6.54 Å². The molecule has 0 bridgehead atoms. The van der Waals surface area contributed by atoms with E-state index >= 15 is 0 Å². The number of hydrogen-bond acceptors (Lipinski definition) is 6. The van der Waals surface area contributed by atoms with Gasteiger partial charge in [-0.3, -0.25) is 5.41 Å². The lowest BCUT2D eigenvalue weighted by Crippen LogP contribution is -2.29. The number of rotatable bonds is 7. The minimum absolute atomic E-state index is 0.138. The van der Waals surface area contributed by atoms with Gasteiger partial charge in [-0.2, -0.15) is 0 Å². The van der Waals surface area contributed by atoms with Crippen molar-refractivity contribution in [1.29, 1.82) is 5.41 Å². The van der Waals surface area contributed by atoms with E-state index in [-0.39, 0.29) is 5.96 Å². The molecule has 0 amide bonds. The number of nitrogens with one attached hydrogen (secondary N) is 3. The number of aromatic nitrogens is 1. The van der Waals surface area contributed by atoms with E-state index in [1.54, 1.807) is 21.3 Å². The van der Waals surface area contributed by atoms with Gasteiger partial charge >= 0.3 is 0 Å². The monoisotopic (exact) mass is 398 g/mol. The lowest BCUT2D eigenvalue weighted by Gasteiger charge is -2.14. The first kappa shape index (κ1) is 19.5. The van der Waals surface area contributed by atoms with Gasteiger partial charge in [0, 0.05) is 10.9 Å². The molecular formula is C20H22N4O3S. The van der Waals surface area contributed by atoms with Crippen LogP contribution in [0, 0.1) is 5.41 Å². The fourth-order valence-corrected chi connectivity index (χ4v) is 3.40. The molecule has 0 fully saturated rings. The second kappa shape index (κ2) is 9.09. The molecule has 0 saturated heterocycles. The van der Waals surface area contributed by atoms with Crippen LogP contribution in [0.15, 0.2) is 47.8 Å². The Kier molecular flexibility index (Phi) is 6.33. The first-order valence-corrected chi connectivity index (χ1v) is 9.41. The van der Waals surface area contributed by atoms with Crippen LogP contribution < -0.4 is 24.8 Å². The Morgan fingerprint density at radius 1 is 1.04 bits per heavy atom. The summed E-state index contributed by atoms with van der Waals surface area (Å²) in [6.45, 7) is 0.382. The number of methoxy groups -OCH3 is 3. The van der Waals surface area contributed by atoms with Gasteiger partial charge in [-0.25, -0.2) is 4.98 Å². The topological polar surface area (TPSA) is 88.5 Å². The molecule has 1 aromatic heterocycles. The summed E-state index contributed by atoms with van der Waals surface area (Å²) in [7, 11) is 4.85. The summed E-state index contributed by atoms with van der Waals surface area (Å²) in [6, 6.07) is 13.3. The fraction of sp³-hybridized carbons (Fsp3) is 0.200. The zero-order chi connectivity index (χ0) is 19.9. The van der Waals surface area contributed by atoms with Crippen LogP contribution in [0.3, 0.4) is 0 Å². The summed E-state index contributed by atoms with van der Waals surface area (Å²) in [5.74, 6) is 2.32. The summed E-state index contributed by atoms with van der Waals surface area (Å²) in [5.41, 5.74) is 2.63. The van der Waals surface area contributed by atoms with E-state index in [0.29, 0.717) is 23.2 Å². The largest absolute Gasteiger partial charge is 0.497 e. The van der Waals surface area contributed by atoms with Crippen LogP contribution in [0.1, 0.15) is 5.56 Å². The van der Waals surface area contributed by atoms with Crippen molar-refractivity contribution in [3.63, 3.8) is 0 Å². The molecule has 3 N–H and O–H groups in total. The molecule has 2 aromatic carbocycles. The summed E-state index contributed by atoms with van der Waals surface area (Å²) in [6.07, 6.45) is 0. The maximum absolute atomic E-state index is 8.15. The third-order valence-electron chi connectivity index (χ3n) is 4.07. The molecule has 0 saturated carbocycles. The van der Waals surface area contributed by atoms with Crippen LogP contribution >= 0.6 is 11.3 Å². The summed E-state index contributed by atoms with van der Waals surface area (Å²) in [4.78, 5) is 4.54. The van der Waals surface area contributed by atoms with Gasteiger partial charge in [0.05, 0.1) is 39.1 Å². The van der Waals surface area contributed by atoms with E-state index in [2.05, 4.69) is 15.6 Å². The molecular weight excluding hydrogens is 376 g/mol. The molecule has 8 heteroatoms. The number of hydrogen-bond donors (Lipinski definition) is 3. The highest BCUT2D eigenvalue weighted by molar-refractivity contribution is 7.14. The maximum Gasteiger partial charge on any atom is 0.195 e. The highest BCUT2D eigenvalue weighted by Crippen LogP contribution is 2.29. The Hall–Kier alpha value is -3.26. The molecule has 1 heterocycles. The van der Waals surface area contributed by atoms with E-state index < -0.39 is 0 Å². The number of nitrogens with zero attached hydrogens (tertiary/aromatic N) is 1. The smallest absolute Gasteiger partial charge is 0.195 e. The third kappa shape index (κ3) is 4.52. The minimum atomic E-state index is 0.138. The molecule has 3 rings (SSSR count). The van der Waals surface area contributed by atoms with Crippen molar-refractivity contribution in [1.82, 2.24) is 10.3 Å². The van der Waals surface area contributed by atoms with E-state index in [4.69, 9.17) is 19.6 Å². The lowest BCUT2D eigenvalue weighted by molar-refractivity contribution is 0.384. The van der Waals surface area contributed by atoms with Crippen molar-refractivity contribution in [3.8, 4) is 28.5 Å². The second-order valence-electron chi connectivity index (χ2n) is 5.76. The number of ether oxygens (including phenoxy) is 3. The molecule has 0 aliphatic rings. The van der Waals surface area contributed by atoms with Crippen LogP contribution in [0.2, 0.25) is 0 Å². The quantitative estimate of drug-likeness (QED) is 0.412. The molecule has 0 atom stereocenters. The summed E-state index contributed by atoms with van der Waals surface area (Å²) >= 11 is 1.43. The van der Waals surface area contributed by atoms with Crippen molar-refractivity contribution >= 4 is 22.4 Å². The van der Waals surface area contributed by atoms with E-state index in [9.17, 15) is 0 Å². The summed E-state index contributed by atoms with van der Waals surface area (Å²) < 4.78 is 16.0. The first-order valence-electron chi connectivity index (χ1n) is 8.54. The summed E-state index contributed by atoms with van der Waals surface area (Å²) in [5, 5.41) is 16.7. The average molecular weight is 398 g/mol. The second-order valence-corrected chi connectivity index (χ2v) is 6.62. The van der Waals surface area contributed by atoms with Crippen molar-refractivity contribution in [3.05, 3.63) is 53.4 Å². The van der Waals surface area contributed by atoms with Gasteiger partial charge in [0.15, 0.2) is 11.1 Å². The van der Waals surface area contributed by atoms with Crippen molar-refractivity contribution in [2.75, 3.05) is 26.6 Å². The number of anilines is 1. The molecule has 0 spiro atoms. The van der Waals surface area contributed by atoms with E-state index in [0.717, 1.165) is 22.6 Å². The van der Waals surface area contributed by atoms with E-state index in [1.807, 2.05) is 47.8 Å². The molecule has 0 aliphatic heterocycles. The Labute approximate surface area is 167 Å². The normalized spacial score (nSPS) is 10.2. The zero-order valence-electron chi connectivity index (χ0n) is 15.9. The van der Waals surface area contributed by atoms with Crippen molar-refractivity contribution in [2.24, 2.45) is 0 Å². The number of benzene rings is 2. The number of thiazole rings is 1. The molecule has 0 aliphatic carbocycles. The lowest BCUT2D eigenvalue weighted by atomic mass is 10.1. The van der Waals surface area contributed by atoms with Gasteiger partial charge in [0.2, 0.25) is 0 Å². The zero-order valence-corrected chi connectivity index (χ0v) is 16.7. The molecule has 146 valence electrons. The number of guanidine groups is 1. The third-order valence-corrected chi connectivity index (χ3v) is 4.83. The predicted octanol–water partition coefficient (Wildman–Crippen LogP) is 3.97. The van der Waals surface area contributed by atoms with Crippen LogP contribution in [-0.4, -0.2) is 32.3 Å². The van der Waals surface area contributed by atoms with Gasteiger partial charge < -0.3 is 24.8 Å². The van der Waals surface area contributed by atoms with Gasteiger partial charge in [-0.15, -0.1) is 11.3 Å². The Morgan fingerprint density at radius 3 is 2.43 bits per heavy atom. The molecule has 7 nitrogen and oxygen atoms in total. The highest BCUT2D eigenvalue weighted by atomic mass is 32.1. The maximum atomic E-state index is 8.15. The Balaban J connectivity index is 1.64. The molecule has 0 radical (unpaired) electrons. The Morgan fingerprint density at radius 2 is 1.75 bits per heavy atom. The average Bonchev–Trinajstić information content (AvgIpc) is 3.20. The van der Waals surface area contributed by atoms with Gasteiger partial charge in [0.25, 0.3) is 0 Å². The highest BCUT2D eigenvalue weighted by Gasteiger charge is 2.11. The van der Waals surface area contributed by atoms with Crippen LogP contribution in [0.25, 0.3) is 11.3 Å².